The number of rotatable bonds is 6. The van der Waals surface area contributed by atoms with Crippen LogP contribution in [0.25, 0.3) is 66.1 Å². The van der Waals surface area contributed by atoms with Crippen molar-refractivity contribution in [2.75, 3.05) is 4.90 Å². The minimum Gasteiger partial charge on any atom is -0.310 e. The smallest absolute Gasteiger partial charge is 0.0541 e. The molecule has 2 heterocycles. The second-order valence-electron chi connectivity index (χ2n) is 13.9. The number of para-hydroxylation sites is 4. The fraction of sp³-hybridized carbons (Fsp3) is 0.0400. The topological polar surface area (TPSA) is 13.1 Å². The minimum absolute atomic E-state index is 1.11. The molecule has 0 aliphatic rings. The van der Waals surface area contributed by atoms with E-state index in [9.17, 15) is 0 Å². The van der Waals surface area contributed by atoms with Gasteiger partial charge in [0.2, 0.25) is 0 Å². The van der Waals surface area contributed by atoms with E-state index in [-0.39, 0.29) is 0 Å². The number of benzene rings is 8. The first kappa shape index (κ1) is 30.9. The Hall–Kier alpha value is -6.84. The van der Waals surface area contributed by atoms with Crippen molar-refractivity contribution >= 4 is 60.7 Å². The number of aryl methyl sites for hydroxylation is 2. The molecule has 10 rings (SSSR count). The molecule has 0 unspecified atom stereocenters. The molecule has 0 spiro atoms. The van der Waals surface area contributed by atoms with Gasteiger partial charge >= 0.3 is 0 Å². The highest BCUT2D eigenvalue weighted by atomic mass is 15.1. The van der Waals surface area contributed by atoms with Crippen LogP contribution < -0.4 is 4.90 Å². The summed E-state index contributed by atoms with van der Waals surface area (Å²) >= 11 is 0. The lowest BCUT2D eigenvalue weighted by Crippen LogP contribution is -2.11. The van der Waals surface area contributed by atoms with Crippen LogP contribution in [0.2, 0.25) is 0 Å². The van der Waals surface area contributed by atoms with Gasteiger partial charge in [-0.3, -0.25) is 0 Å². The van der Waals surface area contributed by atoms with Crippen LogP contribution in [0.1, 0.15) is 11.1 Å². The summed E-state index contributed by atoms with van der Waals surface area (Å²) in [7, 11) is 0. The number of hydrogen-bond donors (Lipinski definition) is 0. The lowest BCUT2D eigenvalue weighted by molar-refractivity contribution is 1.13. The zero-order valence-electron chi connectivity index (χ0n) is 29.7. The van der Waals surface area contributed by atoms with Crippen molar-refractivity contribution in [2.24, 2.45) is 0 Å². The average molecular weight is 680 g/mol. The predicted octanol–water partition coefficient (Wildman–Crippen LogP) is 13.6. The van der Waals surface area contributed by atoms with E-state index in [0.29, 0.717) is 0 Å². The Morgan fingerprint density at radius 1 is 0.321 bits per heavy atom. The van der Waals surface area contributed by atoms with Crippen LogP contribution in [-0.4, -0.2) is 9.13 Å². The molecule has 0 radical (unpaired) electrons. The van der Waals surface area contributed by atoms with Crippen molar-refractivity contribution in [1.29, 1.82) is 0 Å². The van der Waals surface area contributed by atoms with E-state index in [1.54, 1.807) is 0 Å². The lowest BCUT2D eigenvalue weighted by Gasteiger charge is -2.27. The maximum absolute atomic E-state index is 2.41. The van der Waals surface area contributed by atoms with Crippen molar-refractivity contribution in [3.63, 3.8) is 0 Å². The zero-order valence-corrected chi connectivity index (χ0v) is 29.7. The molecule has 8 aromatic carbocycles. The summed E-state index contributed by atoms with van der Waals surface area (Å²) in [5.41, 5.74) is 15.4. The average Bonchev–Trinajstić information content (AvgIpc) is 3.72. The molecule has 0 N–H and O–H groups in total. The van der Waals surface area contributed by atoms with E-state index < -0.39 is 0 Å². The summed E-state index contributed by atoms with van der Waals surface area (Å²) in [5.74, 6) is 0. The fourth-order valence-electron chi connectivity index (χ4n) is 8.30. The van der Waals surface area contributed by atoms with Crippen molar-refractivity contribution in [3.8, 4) is 22.5 Å². The Morgan fingerprint density at radius 3 is 1.06 bits per heavy atom. The molecule has 53 heavy (non-hydrogen) atoms. The molecule has 3 nitrogen and oxygen atoms in total. The second-order valence-corrected chi connectivity index (χ2v) is 13.9. The third kappa shape index (κ3) is 5.04. The van der Waals surface area contributed by atoms with Gasteiger partial charge in [-0.15, -0.1) is 0 Å². The van der Waals surface area contributed by atoms with Crippen molar-refractivity contribution in [3.05, 3.63) is 199 Å². The van der Waals surface area contributed by atoms with Crippen LogP contribution in [0, 0.1) is 13.8 Å². The molecule has 10 aromatic rings. The van der Waals surface area contributed by atoms with E-state index in [0.717, 1.165) is 17.1 Å². The Morgan fingerprint density at radius 2 is 0.660 bits per heavy atom. The molecule has 0 aliphatic carbocycles. The van der Waals surface area contributed by atoms with Gasteiger partial charge in [0, 0.05) is 50.0 Å². The number of hydrogen-bond acceptors (Lipinski definition) is 1. The summed E-state index contributed by atoms with van der Waals surface area (Å²) in [6, 6.07) is 68.2. The molecule has 0 saturated carbocycles. The minimum atomic E-state index is 1.11. The molecule has 3 heteroatoms. The van der Waals surface area contributed by atoms with Crippen LogP contribution in [-0.2, 0) is 0 Å². The Bertz CT molecular complexity index is 2700. The molecule has 0 aliphatic heterocycles. The Balaban J connectivity index is 1.13. The second kappa shape index (κ2) is 12.4. The van der Waals surface area contributed by atoms with Crippen molar-refractivity contribution < 1.29 is 0 Å². The van der Waals surface area contributed by atoms with Gasteiger partial charge in [0.05, 0.1) is 22.1 Å². The molecular formula is C50H37N3. The van der Waals surface area contributed by atoms with Gasteiger partial charge in [-0.25, -0.2) is 0 Å². The van der Waals surface area contributed by atoms with E-state index >= 15 is 0 Å². The maximum Gasteiger partial charge on any atom is 0.0541 e. The van der Waals surface area contributed by atoms with Crippen molar-refractivity contribution in [2.45, 2.75) is 13.8 Å². The number of anilines is 3. The highest BCUT2D eigenvalue weighted by molar-refractivity contribution is 6.10. The number of nitrogens with zero attached hydrogens (tertiary/aromatic N) is 3. The van der Waals surface area contributed by atoms with Gasteiger partial charge < -0.3 is 14.0 Å². The monoisotopic (exact) mass is 679 g/mol. The first-order chi connectivity index (χ1) is 26.1. The van der Waals surface area contributed by atoms with E-state index in [4.69, 9.17) is 0 Å². The SMILES string of the molecule is Cc1cc(N(c2ccc(-c3ccccc3)cc2)c2ccc(-n3c4ccccc4c4ccccc43)c(C)c2)ccc1-n1c2ccccc2c2ccccc21. The number of aromatic nitrogens is 2. The fourth-order valence-corrected chi connectivity index (χ4v) is 8.30. The largest absolute Gasteiger partial charge is 0.310 e. The normalized spacial score (nSPS) is 11.6. The molecule has 0 atom stereocenters. The zero-order chi connectivity index (χ0) is 35.5. The predicted molar refractivity (Wildman–Crippen MR) is 225 cm³/mol. The molecule has 0 fully saturated rings. The summed E-state index contributed by atoms with van der Waals surface area (Å²) in [5, 5.41) is 5.08. The molecule has 0 amide bonds. The summed E-state index contributed by atoms with van der Waals surface area (Å²) < 4.78 is 4.82. The van der Waals surface area contributed by atoms with Crippen LogP contribution in [0.4, 0.5) is 17.1 Å². The van der Waals surface area contributed by atoms with E-state index in [1.165, 1.54) is 77.2 Å². The van der Waals surface area contributed by atoms with Gasteiger partial charge in [0.25, 0.3) is 0 Å². The molecule has 252 valence electrons. The van der Waals surface area contributed by atoms with Crippen LogP contribution >= 0.6 is 0 Å². The first-order valence-corrected chi connectivity index (χ1v) is 18.3. The van der Waals surface area contributed by atoms with Crippen LogP contribution in [0.15, 0.2) is 188 Å². The third-order valence-corrected chi connectivity index (χ3v) is 10.8. The van der Waals surface area contributed by atoms with Gasteiger partial charge in [0.1, 0.15) is 0 Å². The quantitative estimate of drug-likeness (QED) is 0.170. The molecule has 2 aromatic heterocycles. The van der Waals surface area contributed by atoms with E-state index in [1.807, 2.05) is 0 Å². The summed E-state index contributed by atoms with van der Waals surface area (Å²) in [6.45, 7) is 4.46. The Labute approximate surface area is 309 Å². The molecule has 0 bridgehead atoms. The Kier molecular flexibility index (Phi) is 7.26. The number of fused-ring (bicyclic) bond motifs is 6. The van der Waals surface area contributed by atoms with Crippen LogP contribution in [0.5, 0.6) is 0 Å². The van der Waals surface area contributed by atoms with Crippen LogP contribution in [0.3, 0.4) is 0 Å². The maximum atomic E-state index is 2.41. The summed E-state index contributed by atoms with van der Waals surface area (Å²) in [4.78, 5) is 2.39. The van der Waals surface area contributed by atoms with Crippen molar-refractivity contribution in [1.82, 2.24) is 9.13 Å². The third-order valence-electron chi connectivity index (χ3n) is 10.8. The van der Waals surface area contributed by atoms with Gasteiger partial charge in [-0.2, -0.15) is 0 Å². The molecule has 0 saturated heterocycles. The van der Waals surface area contributed by atoms with E-state index in [2.05, 4.69) is 216 Å². The van der Waals surface area contributed by atoms with Gasteiger partial charge in [-0.05, 0) is 109 Å². The molecular weight excluding hydrogens is 643 g/mol. The lowest BCUT2D eigenvalue weighted by atomic mass is 10.0. The standard InChI is InChI=1S/C50H37N3/c1-34-32-39(28-30-45(34)52-47-20-10-6-16-41(47)42-17-7-11-21-48(42)52)51(38-26-24-37(25-27-38)36-14-4-3-5-15-36)40-29-31-46(35(2)33-40)53-49-22-12-8-18-43(49)44-19-9-13-23-50(44)53/h3-33H,1-2H3. The van der Waals surface area contributed by atoms with Gasteiger partial charge in [0.15, 0.2) is 0 Å². The first-order valence-electron chi connectivity index (χ1n) is 18.3. The highest BCUT2D eigenvalue weighted by Crippen LogP contribution is 2.41. The van der Waals surface area contributed by atoms with Gasteiger partial charge in [-0.1, -0.05) is 115 Å². The highest BCUT2D eigenvalue weighted by Gasteiger charge is 2.19. The summed E-state index contributed by atoms with van der Waals surface area (Å²) in [6.07, 6.45) is 0.